The maximum Gasteiger partial charge on any atom is 0.271 e. The number of rotatable bonds is 4. The molecule has 2 aromatic heterocycles. The van der Waals surface area contributed by atoms with E-state index in [2.05, 4.69) is 10.2 Å². The van der Waals surface area contributed by atoms with E-state index in [0.29, 0.717) is 17.9 Å². The van der Waals surface area contributed by atoms with Crippen LogP contribution in [0.4, 0.5) is 4.39 Å². The third-order valence-electron chi connectivity index (χ3n) is 3.29. The van der Waals surface area contributed by atoms with Crippen molar-refractivity contribution in [2.24, 2.45) is 0 Å². The third-order valence-corrected chi connectivity index (χ3v) is 4.03. The molecule has 1 N–H and O–H groups in total. The molecule has 112 valence electrons. The first kappa shape index (κ1) is 14.5. The zero-order chi connectivity index (χ0) is 15.5. The van der Waals surface area contributed by atoms with E-state index in [9.17, 15) is 9.18 Å². The van der Waals surface area contributed by atoms with Gasteiger partial charge in [-0.2, -0.15) is 16.4 Å². The van der Waals surface area contributed by atoms with E-state index in [1.807, 2.05) is 16.8 Å². The minimum absolute atomic E-state index is 0.132. The van der Waals surface area contributed by atoms with Gasteiger partial charge in [-0.15, -0.1) is 0 Å². The molecule has 1 aromatic carbocycles. The van der Waals surface area contributed by atoms with Gasteiger partial charge in [0.15, 0.2) is 0 Å². The van der Waals surface area contributed by atoms with Gasteiger partial charge in [-0.25, -0.2) is 4.39 Å². The Kier molecular flexibility index (Phi) is 4.02. The highest BCUT2D eigenvalue weighted by Gasteiger charge is 2.15. The molecule has 0 radical (unpaired) electrons. The summed E-state index contributed by atoms with van der Waals surface area (Å²) < 4.78 is 12.9. The van der Waals surface area contributed by atoms with E-state index in [1.54, 1.807) is 41.5 Å². The Labute approximate surface area is 131 Å². The minimum Gasteiger partial charge on any atom is -0.336 e. The third kappa shape index (κ3) is 3.07. The maximum atomic E-state index is 12.9. The standard InChI is InChI=1S/C16H14FN3OS/c1-20(9-11-6-7-22-10-11)16(21)15-8-14(18-19-15)12-2-4-13(17)5-3-12/h2-8,10H,9H2,1H3,(H,18,19). The van der Waals surface area contributed by atoms with Gasteiger partial charge in [0, 0.05) is 19.2 Å². The number of H-pyrrole nitrogens is 1. The second-order valence-electron chi connectivity index (χ2n) is 4.97. The number of thiophene rings is 1. The molecule has 0 fully saturated rings. The fourth-order valence-corrected chi connectivity index (χ4v) is 2.79. The lowest BCUT2D eigenvalue weighted by molar-refractivity contribution is 0.0779. The number of carbonyl (C=O) groups excluding carboxylic acids is 1. The number of hydrogen-bond acceptors (Lipinski definition) is 3. The Morgan fingerprint density at radius 2 is 2.09 bits per heavy atom. The Morgan fingerprint density at radius 1 is 1.32 bits per heavy atom. The lowest BCUT2D eigenvalue weighted by Gasteiger charge is -2.14. The smallest absolute Gasteiger partial charge is 0.271 e. The van der Waals surface area contributed by atoms with Gasteiger partial charge in [-0.05, 0) is 52.7 Å². The second kappa shape index (κ2) is 6.11. The SMILES string of the molecule is CN(Cc1ccsc1)C(=O)c1cc(-c2ccc(F)cc2)n[nH]1. The number of amides is 1. The van der Waals surface area contributed by atoms with Gasteiger partial charge in [0.25, 0.3) is 5.91 Å². The molecule has 4 nitrogen and oxygen atoms in total. The molecule has 0 aliphatic heterocycles. The molecule has 0 aliphatic rings. The van der Waals surface area contributed by atoms with Crippen LogP contribution in [0.2, 0.25) is 0 Å². The number of halogens is 1. The zero-order valence-electron chi connectivity index (χ0n) is 11.9. The zero-order valence-corrected chi connectivity index (χ0v) is 12.7. The highest BCUT2D eigenvalue weighted by molar-refractivity contribution is 7.07. The summed E-state index contributed by atoms with van der Waals surface area (Å²) in [5, 5.41) is 10.9. The van der Waals surface area contributed by atoms with Gasteiger partial charge in [-0.1, -0.05) is 0 Å². The predicted molar refractivity (Wildman–Crippen MR) is 84.1 cm³/mol. The van der Waals surface area contributed by atoms with Crippen molar-refractivity contribution >= 4 is 17.2 Å². The molecule has 0 saturated carbocycles. The first-order valence-electron chi connectivity index (χ1n) is 6.71. The van der Waals surface area contributed by atoms with E-state index in [1.165, 1.54) is 12.1 Å². The van der Waals surface area contributed by atoms with E-state index in [4.69, 9.17) is 0 Å². The summed E-state index contributed by atoms with van der Waals surface area (Å²) in [5.74, 6) is -0.432. The first-order valence-corrected chi connectivity index (χ1v) is 7.65. The molecular weight excluding hydrogens is 301 g/mol. The molecule has 3 aromatic rings. The van der Waals surface area contributed by atoms with Crippen molar-refractivity contribution in [3.63, 3.8) is 0 Å². The summed E-state index contributed by atoms with van der Waals surface area (Å²) in [5.41, 5.74) is 2.89. The molecule has 0 saturated heterocycles. The number of hydrogen-bond donors (Lipinski definition) is 1. The number of aromatic nitrogens is 2. The van der Waals surface area contributed by atoms with Crippen molar-refractivity contribution < 1.29 is 9.18 Å². The fourth-order valence-electron chi connectivity index (χ4n) is 2.13. The van der Waals surface area contributed by atoms with Crippen molar-refractivity contribution in [3.05, 3.63) is 64.2 Å². The number of nitrogens with one attached hydrogen (secondary N) is 1. The van der Waals surface area contributed by atoms with Crippen LogP contribution in [0.1, 0.15) is 16.1 Å². The summed E-state index contributed by atoms with van der Waals surface area (Å²) in [4.78, 5) is 14.0. The fraction of sp³-hybridized carbons (Fsp3) is 0.125. The lowest BCUT2D eigenvalue weighted by atomic mass is 10.1. The topological polar surface area (TPSA) is 49.0 Å². The van der Waals surface area contributed by atoms with Gasteiger partial charge in [0.1, 0.15) is 11.5 Å². The highest BCUT2D eigenvalue weighted by Crippen LogP contribution is 2.19. The van der Waals surface area contributed by atoms with Crippen LogP contribution in [0.25, 0.3) is 11.3 Å². The molecule has 0 spiro atoms. The average Bonchev–Trinajstić information content (AvgIpc) is 3.18. The van der Waals surface area contributed by atoms with Crippen molar-refractivity contribution in [1.29, 1.82) is 0 Å². The number of nitrogens with zero attached hydrogens (tertiary/aromatic N) is 2. The molecule has 0 bridgehead atoms. The normalized spacial score (nSPS) is 10.6. The highest BCUT2D eigenvalue weighted by atomic mass is 32.1. The van der Waals surface area contributed by atoms with Crippen molar-refractivity contribution in [2.45, 2.75) is 6.54 Å². The van der Waals surface area contributed by atoms with Crippen LogP contribution in [-0.2, 0) is 6.54 Å². The predicted octanol–water partition coefficient (Wildman–Crippen LogP) is 3.55. The summed E-state index contributed by atoms with van der Waals surface area (Å²) in [6.07, 6.45) is 0. The van der Waals surface area contributed by atoms with Gasteiger partial charge >= 0.3 is 0 Å². The monoisotopic (exact) mass is 315 g/mol. The summed E-state index contributed by atoms with van der Waals surface area (Å²) >= 11 is 1.60. The minimum atomic E-state index is -0.300. The maximum absolute atomic E-state index is 12.9. The summed E-state index contributed by atoms with van der Waals surface area (Å²) in [6, 6.07) is 9.68. The van der Waals surface area contributed by atoms with Gasteiger partial charge in [0.2, 0.25) is 0 Å². The first-order chi connectivity index (χ1) is 10.6. The molecule has 1 amide bonds. The van der Waals surface area contributed by atoms with Crippen LogP contribution >= 0.6 is 11.3 Å². The van der Waals surface area contributed by atoms with Gasteiger partial charge in [-0.3, -0.25) is 9.89 Å². The largest absolute Gasteiger partial charge is 0.336 e. The molecule has 2 heterocycles. The number of carbonyl (C=O) groups is 1. The number of aromatic amines is 1. The summed E-state index contributed by atoms with van der Waals surface area (Å²) in [6.45, 7) is 0.549. The average molecular weight is 315 g/mol. The van der Waals surface area contributed by atoms with Crippen LogP contribution < -0.4 is 0 Å². The van der Waals surface area contributed by atoms with Crippen LogP contribution in [0.5, 0.6) is 0 Å². The lowest BCUT2D eigenvalue weighted by Crippen LogP contribution is -2.26. The Bertz CT molecular complexity index is 765. The van der Waals surface area contributed by atoms with E-state index in [0.717, 1.165) is 11.1 Å². The summed E-state index contributed by atoms with van der Waals surface area (Å²) in [7, 11) is 1.75. The second-order valence-corrected chi connectivity index (χ2v) is 5.75. The molecule has 22 heavy (non-hydrogen) atoms. The van der Waals surface area contributed by atoms with E-state index < -0.39 is 0 Å². The molecular formula is C16H14FN3OS. The number of benzene rings is 1. The van der Waals surface area contributed by atoms with E-state index in [-0.39, 0.29) is 11.7 Å². The van der Waals surface area contributed by atoms with E-state index >= 15 is 0 Å². The van der Waals surface area contributed by atoms with Gasteiger partial charge < -0.3 is 4.90 Å². The molecule has 3 rings (SSSR count). The van der Waals surface area contributed by atoms with Crippen LogP contribution in [0, 0.1) is 5.82 Å². The van der Waals surface area contributed by atoms with Crippen LogP contribution in [0.15, 0.2) is 47.2 Å². The molecule has 0 atom stereocenters. The Morgan fingerprint density at radius 3 is 2.77 bits per heavy atom. The quantitative estimate of drug-likeness (QED) is 0.800. The molecule has 0 unspecified atom stereocenters. The van der Waals surface area contributed by atoms with Crippen LogP contribution in [-0.4, -0.2) is 28.1 Å². The Balaban J connectivity index is 1.75. The van der Waals surface area contributed by atoms with Crippen molar-refractivity contribution in [3.8, 4) is 11.3 Å². The van der Waals surface area contributed by atoms with Gasteiger partial charge in [0.05, 0.1) is 5.69 Å². The molecule has 6 heteroatoms. The molecule has 0 aliphatic carbocycles. The van der Waals surface area contributed by atoms with Crippen molar-refractivity contribution in [2.75, 3.05) is 7.05 Å². The Hall–Kier alpha value is -2.47. The van der Waals surface area contributed by atoms with Crippen molar-refractivity contribution in [1.82, 2.24) is 15.1 Å². The van der Waals surface area contributed by atoms with Crippen LogP contribution in [0.3, 0.4) is 0 Å².